The molecule has 1 aromatic carbocycles. The molecule has 0 atom stereocenters. The van der Waals surface area contributed by atoms with E-state index in [1.54, 1.807) is 22.9 Å². The maximum atomic E-state index is 13.0. The summed E-state index contributed by atoms with van der Waals surface area (Å²) in [6.07, 6.45) is 5.69. The Labute approximate surface area is 179 Å². The van der Waals surface area contributed by atoms with E-state index in [2.05, 4.69) is 11.6 Å². The van der Waals surface area contributed by atoms with Gasteiger partial charge in [-0.15, -0.1) is 0 Å². The fourth-order valence-electron chi connectivity index (χ4n) is 3.93. The number of nitrogens with two attached hydrogens (primary N) is 1. The third-order valence-electron chi connectivity index (χ3n) is 5.77. The normalized spacial score (nSPS) is 16.9. The molecule has 0 saturated heterocycles. The molecule has 7 nitrogen and oxygen atoms in total. The van der Waals surface area contributed by atoms with Gasteiger partial charge in [-0.3, -0.25) is 9.48 Å². The number of sulfonamides is 1. The van der Waals surface area contributed by atoms with Gasteiger partial charge in [-0.1, -0.05) is 53.0 Å². The second kappa shape index (κ2) is 8.06. The zero-order chi connectivity index (χ0) is 22.2. The van der Waals surface area contributed by atoms with Crippen molar-refractivity contribution < 1.29 is 13.2 Å². The van der Waals surface area contributed by atoms with Gasteiger partial charge in [0, 0.05) is 17.6 Å². The molecule has 1 aromatic heterocycles. The van der Waals surface area contributed by atoms with E-state index in [1.807, 2.05) is 20.8 Å². The first-order chi connectivity index (χ1) is 13.9. The van der Waals surface area contributed by atoms with E-state index in [4.69, 9.17) is 10.8 Å². The lowest BCUT2D eigenvalue weighted by Gasteiger charge is -2.33. The zero-order valence-electron chi connectivity index (χ0n) is 18.2. The third-order valence-corrected chi connectivity index (χ3v) is 7.10. The van der Waals surface area contributed by atoms with Crippen LogP contribution in [0.3, 0.4) is 0 Å². The van der Waals surface area contributed by atoms with Crippen LogP contribution in [0.2, 0.25) is 0 Å². The second-order valence-corrected chi connectivity index (χ2v) is 11.4. The summed E-state index contributed by atoms with van der Waals surface area (Å²) < 4.78 is 29.3. The zero-order valence-corrected chi connectivity index (χ0v) is 19.1. The molecule has 1 aliphatic carbocycles. The molecule has 2 aromatic rings. The average molecular weight is 433 g/mol. The first kappa shape index (κ1) is 22.3. The van der Waals surface area contributed by atoms with Crippen LogP contribution in [0, 0.1) is 5.41 Å². The van der Waals surface area contributed by atoms with E-state index in [9.17, 15) is 13.2 Å². The minimum Gasteiger partial charge on any atom is -0.399 e. The molecule has 1 fully saturated rings. The Morgan fingerprint density at radius 3 is 2.47 bits per heavy atom. The Hall–Kier alpha value is -2.35. The lowest BCUT2D eigenvalue weighted by atomic mass is 9.76. The van der Waals surface area contributed by atoms with Crippen LogP contribution in [0.25, 0.3) is 0 Å². The summed E-state index contributed by atoms with van der Waals surface area (Å²) in [5.41, 5.74) is 6.82. The van der Waals surface area contributed by atoms with Crippen molar-refractivity contribution in [3.63, 3.8) is 0 Å². The molecular weight excluding hydrogens is 400 g/mol. The first-order valence-electron chi connectivity index (χ1n) is 10.4. The number of nitrogen functional groups attached to an aromatic ring is 1. The minimum absolute atomic E-state index is 0.0429. The number of carbonyl (C=O) groups excluding carboxylic acids is 1. The lowest BCUT2D eigenvalue weighted by Crippen LogP contribution is -2.34. The predicted octanol–water partition coefficient (Wildman–Crippen LogP) is 3.85. The molecule has 1 amide bonds. The van der Waals surface area contributed by atoms with Gasteiger partial charge in [0.15, 0.2) is 0 Å². The molecule has 30 heavy (non-hydrogen) atoms. The van der Waals surface area contributed by atoms with E-state index < -0.39 is 15.9 Å². The van der Waals surface area contributed by atoms with Gasteiger partial charge < -0.3 is 5.73 Å². The predicted molar refractivity (Wildman–Crippen MR) is 118 cm³/mol. The number of nitrogens with one attached hydrogen (secondary N) is 1. The summed E-state index contributed by atoms with van der Waals surface area (Å²) in [6.45, 7) is 8.87. The maximum Gasteiger partial charge on any atom is 0.283 e. The Morgan fingerprint density at radius 1 is 1.20 bits per heavy atom. The van der Waals surface area contributed by atoms with Crippen molar-refractivity contribution in [2.24, 2.45) is 5.41 Å². The Kier molecular flexibility index (Phi) is 6.00. The highest BCUT2D eigenvalue weighted by Crippen LogP contribution is 2.37. The Balaban J connectivity index is 1.93. The summed E-state index contributed by atoms with van der Waals surface area (Å²) in [4.78, 5) is 13.0. The maximum absolute atomic E-state index is 13.0. The number of rotatable bonds is 5. The number of amides is 1. The molecule has 0 unspecified atom stereocenters. The van der Waals surface area contributed by atoms with Gasteiger partial charge in [0.2, 0.25) is 0 Å². The van der Waals surface area contributed by atoms with E-state index in [-0.39, 0.29) is 21.4 Å². The van der Waals surface area contributed by atoms with Gasteiger partial charge >= 0.3 is 0 Å². The van der Waals surface area contributed by atoms with Crippen LogP contribution in [-0.2, 0) is 22.0 Å². The standard InChI is InChI=1S/C22H32N4O3S/c1-21(2,3)19-14-18(26(24-19)15-22(4)11-6-5-7-12-22)20(27)25-30(28,29)17-10-8-9-16(23)13-17/h8-10,13-14H,5-7,11-12,15,23H2,1-4H3,(H,25,27). The molecule has 1 heterocycles. The number of aromatic nitrogens is 2. The molecule has 0 bridgehead atoms. The summed E-state index contributed by atoms with van der Waals surface area (Å²) in [7, 11) is -4.04. The Morgan fingerprint density at radius 2 is 1.87 bits per heavy atom. The smallest absolute Gasteiger partial charge is 0.283 e. The fraction of sp³-hybridized carbons (Fsp3) is 0.545. The van der Waals surface area contributed by atoms with Crippen LogP contribution in [0.5, 0.6) is 0 Å². The van der Waals surface area contributed by atoms with Gasteiger partial charge in [0.1, 0.15) is 5.69 Å². The van der Waals surface area contributed by atoms with Crippen LogP contribution in [0.4, 0.5) is 5.69 Å². The molecule has 3 rings (SSSR count). The summed E-state index contributed by atoms with van der Waals surface area (Å²) in [5.74, 6) is -0.681. The summed E-state index contributed by atoms with van der Waals surface area (Å²) in [6, 6.07) is 7.58. The number of nitrogens with zero attached hydrogens (tertiary/aromatic N) is 2. The molecule has 1 aliphatic rings. The fourth-order valence-corrected chi connectivity index (χ4v) is 4.94. The van der Waals surface area contributed by atoms with Crippen molar-refractivity contribution in [1.82, 2.24) is 14.5 Å². The number of anilines is 1. The van der Waals surface area contributed by atoms with E-state index in [0.29, 0.717) is 12.2 Å². The first-order valence-corrected chi connectivity index (χ1v) is 11.9. The topological polar surface area (TPSA) is 107 Å². The van der Waals surface area contributed by atoms with Gasteiger partial charge in [-0.2, -0.15) is 5.10 Å². The highest BCUT2D eigenvalue weighted by Gasteiger charge is 2.32. The molecule has 1 saturated carbocycles. The highest BCUT2D eigenvalue weighted by atomic mass is 32.2. The van der Waals surface area contributed by atoms with Gasteiger partial charge in [0.25, 0.3) is 15.9 Å². The number of carbonyl (C=O) groups is 1. The Bertz CT molecular complexity index is 1030. The monoisotopic (exact) mass is 432 g/mol. The number of hydrogen-bond donors (Lipinski definition) is 2. The molecule has 0 spiro atoms. The molecule has 8 heteroatoms. The van der Waals surface area contributed by atoms with E-state index >= 15 is 0 Å². The molecule has 0 aliphatic heterocycles. The van der Waals surface area contributed by atoms with Crippen molar-refractivity contribution in [3.05, 3.63) is 41.7 Å². The van der Waals surface area contributed by atoms with E-state index in [1.165, 1.54) is 18.6 Å². The summed E-state index contributed by atoms with van der Waals surface area (Å²) >= 11 is 0. The van der Waals surface area contributed by atoms with Crippen LogP contribution in [-0.4, -0.2) is 24.1 Å². The van der Waals surface area contributed by atoms with Crippen molar-refractivity contribution in [1.29, 1.82) is 0 Å². The lowest BCUT2D eigenvalue weighted by molar-refractivity contribution is 0.0962. The van der Waals surface area contributed by atoms with Crippen molar-refractivity contribution in [2.45, 2.75) is 76.7 Å². The quantitative estimate of drug-likeness (QED) is 0.698. The second-order valence-electron chi connectivity index (χ2n) is 9.70. The van der Waals surface area contributed by atoms with Gasteiger partial charge in [-0.05, 0) is 42.5 Å². The van der Waals surface area contributed by atoms with Gasteiger partial charge in [-0.25, -0.2) is 13.1 Å². The molecule has 164 valence electrons. The third kappa shape index (κ3) is 5.03. The van der Waals surface area contributed by atoms with Crippen molar-refractivity contribution in [3.8, 4) is 0 Å². The van der Waals surface area contributed by atoms with Crippen LogP contribution < -0.4 is 10.5 Å². The largest absolute Gasteiger partial charge is 0.399 e. The number of hydrogen-bond acceptors (Lipinski definition) is 5. The van der Waals surface area contributed by atoms with Crippen LogP contribution in [0.1, 0.15) is 76.0 Å². The summed E-state index contributed by atoms with van der Waals surface area (Å²) in [5, 5.41) is 4.70. The molecular formula is C22H32N4O3S. The minimum atomic E-state index is -4.04. The average Bonchev–Trinajstić information content (AvgIpc) is 3.05. The van der Waals surface area contributed by atoms with Crippen molar-refractivity contribution in [2.75, 3.05) is 5.73 Å². The van der Waals surface area contributed by atoms with Crippen LogP contribution >= 0.6 is 0 Å². The van der Waals surface area contributed by atoms with Crippen LogP contribution in [0.15, 0.2) is 35.2 Å². The van der Waals surface area contributed by atoms with E-state index in [0.717, 1.165) is 31.4 Å². The van der Waals surface area contributed by atoms with Gasteiger partial charge in [0.05, 0.1) is 10.6 Å². The highest BCUT2D eigenvalue weighted by molar-refractivity contribution is 7.90. The number of benzene rings is 1. The molecule has 3 N–H and O–H groups in total. The SMILES string of the molecule is CC1(Cn2nc(C(C)(C)C)cc2C(=O)NS(=O)(=O)c2cccc(N)c2)CCCCC1. The van der Waals surface area contributed by atoms with Crippen molar-refractivity contribution >= 4 is 21.6 Å². The molecule has 0 radical (unpaired) electrons.